The van der Waals surface area contributed by atoms with Crippen LogP contribution < -0.4 is 9.75 Å². The van der Waals surface area contributed by atoms with Crippen molar-refractivity contribution in [1.29, 1.82) is 0 Å². The first-order valence-electron chi connectivity index (χ1n) is 10.0. The molecule has 7 nitrogen and oxygen atoms in total. The maximum atomic E-state index is 13.3. The third-order valence-electron chi connectivity index (χ3n) is 5.29. The molecule has 0 amide bonds. The monoisotopic (exact) mass is 419 g/mol. The number of hydrogen-bond acceptors (Lipinski definition) is 6. The molecule has 158 valence electrons. The SMILES string of the molecule is COc1cc(C=C2OCCN3C2=NCN3c2ccc(F)cc2)ccc1-n1cnc(C)c1. The van der Waals surface area contributed by atoms with Crippen molar-refractivity contribution in [2.45, 2.75) is 6.92 Å². The van der Waals surface area contributed by atoms with Gasteiger partial charge in [0, 0.05) is 6.20 Å². The zero-order valence-corrected chi connectivity index (χ0v) is 17.3. The molecule has 1 fully saturated rings. The number of anilines is 1. The fraction of sp³-hybridized carbons (Fsp3) is 0.217. The molecule has 0 bridgehead atoms. The number of morpholine rings is 1. The van der Waals surface area contributed by atoms with Crippen LogP contribution in [0.5, 0.6) is 5.75 Å². The lowest BCUT2D eigenvalue weighted by Crippen LogP contribution is -2.47. The normalized spacial score (nSPS) is 16.9. The van der Waals surface area contributed by atoms with E-state index in [9.17, 15) is 4.39 Å². The maximum Gasteiger partial charge on any atom is 0.187 e. The molecule has 8 heteroatoms. The number of aromatic nitrogens is 2. The number of aliphatic imine (C=N–C) groups is 1. The summed E-state index contributed by atoms with van der Waals surface area (Å²) in [4.78, 5) is 8.95. The second-order valence-corrected chi connectivity index (χ2v) is 7.33. The second-order valence-electron chi connectivity index (χ2n) is 7.33. The van der Waals surface area contributed by atoms with Crippen molar-refractivity contribution in [2.24, 2.45) is 4.99 Å². The van der Waals surface area contributed by atoms with Gasteiger partial charge in [-0.25, -0.2) is 14.4 Å². The molecule has 3 heterocycles. The Hall–Kier alpha value is -3.81. The number of methoxy groups -OCH3 is 1. The molecule has 0 radical (unpaired) electrons. The van der Waals surface area contributed by atoms with Gasteiger partial charge in [-0.05, 0) is 55.0 Å². The molecule has 2 aliphatic rings. The van der Waals surface area contributed by atoms with E-state index in [1.54, 1.807) is 25.6 Å². The van der Waals surface area contributed by atoms with Crippen LogP contribution in [-0.2, 0) is 4.74 Å². The number of imidazole rings is 1. The predicted molar refractivity (Wildman–Crippen MR) is 117 cm³/mol. The van der Waals surface area contributed by atoms with Gasteiger partial charge in [0.15, 0.2) is 11.6 Å². The van der Waals surface area contributed by atoms with Gasteiger partial charge in [-0.15, -0.1) is 0 Å². The molecule has 0 atom stereocenters. The third kappa shape index (κ3) is 3.61. The van der Waals surface area contributed by atoms with Crippen LogP contribution >= 0.6 is 0 Å². The van der Waals surface area contributed by atoms with Gasteiger partial charge < -0.3 is 14.0 Å². The summed E-state index contributed by atoms with van der Waals surface area (Å²) >= 11 is 0. The average Bonchev–Trinajstić information content (AvgIpc) is 3.41. The molecule has 2 aromatic carbocycles. The number of aryl methyl sites for hydroxylation is 1. The lowest BCUT2D eigenvalue weighted by atomic mass is 10.1. The first-order valence-corrected chi connectivity index (χ1v) is 10.0. The van der Waals surface area contributed by atoms with Crippen molar-refractivity contribution < 1.29 is 13.9 Å². The van der Waals surface area contributed by atoms with E-state index in [1.807, 2.05) is 47.0 Å². The Kier molecular flexibility index (Phi) is 4.82. The van der Waals surface area contributed by atoms with Gasteiger partial charge in [0.2, 0.25) is 0 Å². The van der Waals surface area contributed by atoms with Crippen molar-refractivity contribution in [3.05, 3.63) is 77.8 Å². The summed E-state index contributed by atoms with van der Waals surface area (Å²) in [6.45, 7) is 3.62. The van der Waals surface area contributed by atoms with Crippen molar-refractivity contribution in [3.8, 4) is 11.4 Å². The number of amidine groups is 1. The van der Waals surface area contributed by atoms with Gasteiger partial charge in [0.1, 0.15) is 24.8 Å². The molecule has 1 saturated heterocycles. The van der Waals surface area contributed by atoms with E-state index in [-0.39, 0.29) is 5.82 Å². The number of hydrogen-bond donors (Lipinski definition) is 0. The summed E-state index contributed by atoms with van der Waals surface area (Å²) in [5, 5.41) is 4.10. The fourth-order valence-corrected chi connectivity index (χ4v) is 3.79. The quantitative estimate of drug-likeness (QED) is 0.644. The van der Waals surface area contributed by atoms with Gasteiger partial charge in [-0.3, -0.25) is 10.0 Å². The van der Waals surface area contributed by atoms with Gasteiger partial charge in [-0.1, -0.05) is 6.07 Å². The predicted octanol–water partition coefficient (Wildman–Crippen LogP) is 3.79. The maximum absolute atomic E-state index is 13.3. The molecule has 0 unspecified atom stereocenters. The highest BCUT2D eigenvalue weighted by Crippen LogP contribution is 2.29. The summed E-state index contributed by atoms with van der Waals surface area (Å²) in [6.07, 6.45) is 5.69. The largest absolute Gasteiger partial charge is 0.495 e. The Morgan fingerprint density at radius 2 is 1.97 bits per heavy atom. The Balaban J connectivity index is 1.42. The molecule has 1 aromatic heterocycles. The lowest BCUT2D eigenvalue weighted by molar-refractivity contribution is 0.172. The molecule has 0 spiro atoms. The number of fused-ring (bicyclic) bond motifs is 1. The van der Waals surface area contributed by atoms with E-state index in [4.69, 9.17) is 9.47 Å². The summed E-state index contributed by atoms with van der Waals surface area (Å²) in [5.74, 6) is 1.95. The first kappa shape index (κ1) is 19.2. The van der Waals surface area contributed by atoms with Gasteiger partial charge in [0.05, 0.1) is 37.1 Å². The van der Waals surface area contributed by atoms with Crippen LogP contribution in [-0.4, -0.2) is 47.3 Å². The molecule has 5 rings (SSSR count). The van der Waals surface area contributed by atoms with Crippen LogP contribution in [0.4, 0.5) is 10.1 Å². The minimum Gasteiger partial charge on any atom is -0.495 e. The summed E-state index contributed by atoms with van der Waals surface area (Å²) < 4.78 is 26.8. The smallest absolute Gasteiger partial charge is 0.187 e. The minimum absolute atomic E-state index is 0.255. The van der Waals surface area contributed by atoms with E-state index >= 15 is 0 Å². The molecular formula is C23H22FN5O2. The second kappa shape index (κ2) is 7.79. The summed E-state index contributed by atoms with van der Waals surface area (Å²) in [6, 6.07) is 12.4. The van der Waals surface area contributed by atoms with Gasteiger partial charge in [0.25, 0.3) is 0 Å². The molecular weight excluding hydrogens is 397 g/mol. The van der Waals surface area contributed by atoms with E-state index in [2.05, 4.69) is 15.0 Å². The van der Waals surface area contributed by atoms with Crippen molar-refractivity contribution in [1.82, 2.24) is 14.6 Å². The summed E-state index contributed by atoms with van der Waals surface area (Å²) in [5.41, 5.74) is 3.69. The number of nitrogens with zero attached hydrogens (tertiary/aromatic N) is 5. The van der Waals surface area contributed by atoms with E-state index < -0.39 is 0 Å². The van der Waals surface area contributed by atoms with Crippen LogP contribution in [0.25, 0.3) is 11.8 Å². The number of benzene rings is 2. The Morgan fingerprint density at radius 3 is 2.71 bits per heavy atom. The first-order chi connectivity index (χ1) is 15.1. The Morgan fingerprint density at radius 1 is 1.13 bits per heavy atom. The van der Waals surface area contributed by atoms with Crippen molar-refractivity contribution in [2.75, 3.05) is 31.9 Å². The van der Waals surface area contributed by atoms with E-state index in [0.717, 1.165) is 34.2 Å². The zero-order valence-electron chi connectivity index (χ0n) is 17.3. The van der Waals surface area contributed by atoms with E-state index in [1.165, 1.54) is 12.1 Å². The Bertz CT molecular complexity index is 1170. The topological polar surface area (TPSA) is 55.1 Å². The van der Waals surface area contributed by atoms with Crippen LogP contribution in [0.2, 0.25) is 0 Å². The third-order valence-corrected chi connectivity index (χ3v) is 5.29. The highest BCUT2D eigenvalue weighted by atomic mass is 19.1. The number of rotatable bonds is 4. The number of halogens is 1. The lowest BCUT2D eigenvalue weighted by Gasteiger charge is -2.35. The molecule has 3 aromatic rings. The molecule has 0 N–H and O–H groups in total. The standard InChI is InChI=1S/C23H22FN5O2/c1-16-13-27(14-25-16)20-8-3-17(11-21(20)30-2)12-22-23-26-15-29(28(23)9-10-31-22)19-6-4-18(24)5-7-19/h3-8,11-14H,9-10,15H2,1-2H3. The highest BCUT2D eigenvalue weighted by molar-refractivity contribution is 6.02. The van der Waals surface area contributed by atoms with Crippen LogP contribution in [0.15, 0.2) is 65.7 Å². The van der Waals surface area contributed by atoms with Gasteiger partial charge >= 0.3 is 0 Å². The average molecular weight is 419 g/mol. The zero-order chi connectivity index (χ0) is 21.4. The van der Waals surface area contributed by atoms with E-state index in [0.29, 0.717) is 25.6 Å². The molecule has 0 saturated carbocycles. The van der Waals surface area contributed by atoms with Crippen LogP contribution in [0.1, 0.15) is 11.3 Å². The highest BCUT2D eigenvalue weighted by Gasteiger charge is 2.32. The van der Waals surface area contributed by atoms with Crippen LogP contribution in [0, 0.1) is 12.7 Å². The summed E-state index contributed by atoms with van der Waals surface area (Å²) in [7, 11) is 1.65. The molecule has 31 heavy (non-hydrogen) atoms. The number of ether oxygens (including phenoxy) is 2. The minimum atomic E-state index is -0.255. The number of hydrazine groups is 1. The fourth-order valence-electron chi connectivity index (χ4n) is 3.79. The van der Waals surface area contributed by atoms with Crippen molar-refractivity contribution in [3.63, 3.8) is 0 Å². The Labute approximate surface area is 179 Å². The molecule has 0 aliphatic carbocycles. The van der Waals surface area contributed by atoms with Crippen LogP contribution in [0.3, 0.4) is 0 Å². The van der Waals surface area contributed by atoms with Gasteiger partial charge in [-0.2, -0.15) is 0 Å². The van der Waals surface area contributed by atoms with Crippen molar-refractivity contribution >= 4 is 17.6 Å². The molecule has 2 aliphatic heterocycles.